The average Bonchev–Trinajstić information content (AvgIpc) is 3.59. The number of nitrogens with zero attached hydrogens (tertiary/aromatic N) is 5. The molecule has 0 aliphatic carbocycles. The fraction of sp³-hybridized carbons (Fsp3) is 0.208. The molecule has 1 fully saturated rings. The number of carbonyl (C=O) groups excluding carboxylic acids is 2. The molecule has 3 aromatic heterocycles. The van der Waals surface area contributed by atoms with Crippen LogP contribution in [0, 0.1) is 11.8 Å². The number of benzene rings is 1. The molecule has 1 aromatic carbocycles. The Kier molecular flexibility index (Phi) is 5.69. The van der Waals surface area contributed by atoms with Gasteiger partial charge in [-0.25, -0.2) is 15.0 Å². The summed E-state index contributed by atoms with van der Waals surface area (Å²) in [5.41, 5.74) is 8.86. The summed E-state index contributed by atoms with van der Waals surface area (Å²) in [6, 6.07) is 6.92. The van der Waals surface area contributed by atoms with Gasteiger partial charge in [0.15, 0.2) is 5.13 Å². The van der Waals surface area contributed by atoms with E-state index in [1.54, 1.807) is 47.9 Å². The number of hydrogen-bond donors (Lipinski definition) is 2. The Balaban J connectivity index is 1.52. The Morgan fingerprint density at radius 2 is 2.03 bits per heavy atom. The van der Waals surface area contributed by atoms with Crippen LogP contribution in [0.1, 0.15) is 42.0 Å². The number of amides is 2. The highest BCUT2D eigenvalue weighted by atomic mass is 32.1. The topological polar surface area (TPSA) is 119 Å². The van der Waals surface area contributed by atoms with Gasteiger partial charge in [-0.05, 0) is 37.8 Å². The third kappa shape index (κ3) is 3.86. The van der Waals surface area contributed by atoms with Gasteiger partial charge in [0, 0.05) is 41.6 Å². The highest BCUT2D eigenvalue weighted by Gasteiger charge is 2.33. The Morgan fingerprint density at radius 3 is 2.76 bits per heavy atom. The lowest BCUT2D eigenvalue weighted by Gasteiger charge is -2.21. The van der Waals surface area contributed by atoms with E-state index in [2.05, 4.69) is 27.1 Å². The van der Waals surface area contributed by atoms with Crippen LogP contribution in [0.4, 0.5) is 10.9 Å². The number of imidazole rings is 1. The SMILES string of the molecule is CC#CC(=O)N1CCCC1c1nc(-c2ccc(C(=O)Nc3nccs3)cc2)c2c(N)nccn12. The molecule has 4 heterocycles. The average molecular weight is 472 g/mol. The second kappa shape index (κ2) is 8.96. The van der Waals surface area contributed by atoms with E-state index in [1.807, 2.05) is 16.5 Å². The molecule has 1 aliphatic rings. The maximum atomic E-state index is 12.6. The number of nitrogens with one attached hydrogen (secondary N) is 1. The van der Waals surface area contributed by atoms with Crippen molar-refractivity contribution in [2.24, 2.45) is 0 Å². The fourth-order valence-electron chi connectivity index (χ4n) is 4.21. The van der Waals surface area contributed by atoms with Crippen molar-refractivity contribution in [3.05, 3.63) is 59.6 Å². The minimum absolute atomic E-state index is 0.207. The molecule has 0 saturated carbocycles. The van der Waals surface area contributed by atoms with Crippen LogP contribution in [-0.4, -0.2) is 42.6 Å². The number of carbonyl (C=O) groups is 2. The summed E-state index contributed by atoms with van der Waals surface area (Å²) < 4.78 is 1.90. The van der Waals surface area contributed by atoms with Crippen molar-refractivity contribution in [3.8, 4) is 23.1 Å². The number of likely N-dealkylation sites (tertiary alicyclic amines) is 1. The Labute approximate surface area is 199 Å². The predicted octanol–water partition coefficient (Wildman–Crippen LogP) is 3.37. The number of nitrogens with two attached hydrogens (primary N) is 1. The number of aromatic nitrogens is 4. The van der Waals surface area contributed by atoms with Gasteiger partial charge in [0.25, 0.3) is 11.8 Å². The zero-order chi connectivity index (χ0) is 23.7. The van der Waals surface area contributed by atoms with E-state index < -0.39 is 0 Å². The van der Waals surface area contributed by atoms with Crippen molar-refractivity contribution in [3.63, 3.8) is 0 Å². The third-order valence-corrected chi connectivity index (χ3v) is 6.42. The summed E-state index contributed by atoms with van der Waals surface area (Å²) in [5.74, 6) is 5.93. The van der Waals surface area contributed by atoms with Crippen molar-refractivity contribution in [2.75, 3.05) is 17.6 Å². The van der Waals surface area contributed by atoms with Crippen molar-refractivity contribution < 1.29 is 9.59 Å². The Bertz CT molecular complexity index is 1430. The van der Waals surface area contributed by atoms with Crippen LogP contribution in [0.15, 0.2) is 48.2 Å². The van der Waals surface area contributed by atoms with E-state index >= 15 is 0 Å². The second-order valence-electron chi connectivity index (χ2n) is 7.75. The Morgan fingerprint density at radius 1 is 1.21 bits per heavy atom. The van der Waals surface area contributed by atoms with Crippen LogP contribution in [0.3, 0.4) is 0 Å². The monoisotopic (exact) mass is 471 g/mol. The van der Waals surface area contributed by atoms with Crippen LogP contribution >= 0.6 is 11.3 Å². The fourth-order valence-corrected chi connectivity index (χ4v) is 4.74. The van der Waals surface area contributed by atoms with Crippen LogP contribution in [0.25, 0.3) is 16.8 Å². The lowest BCUT2D eigenvalue weighted by atomic mass is 10.1. The van der Waals surface area contributed by atoms with Gasteiger partial charge in [-0.1, -0.05) is 18.1 Å². The van der Waals surface area contributed by atoms with Crippen molar-refractivity contribution in [2.45, 2.75) is 25.8 Å². The van der Waals surface area contributed by atoms with Gasteiger partial charge < -0.3 is 10.6 Å². The van der Waals surface area contributed by atoms with Gasteiger partial charge in [-0.3, -0.25) is 19.3 Å². The summed E-state index contributed by atoms with van der Waals surface area (Å²) >= 11 is 1.36. The molecule has 10 heteroatoms. The lowest BCUT2D eigenvalue weighted by Crippen LogP contribution is -2.30. The first-order valence-corrected chi connectivity index (χ1v) is 11.6. The molecule has 0 bridgehead atoms. The molecule has 0 radical (unpaired) electrons. The maximum absolute atomic E-state index is 12.6. The Hall–Kier alpha value is -4.23. The van der Waals surface area contributed by atoms with Gasteiger partial charge in [-0.2, -0.15) is 0 Å². The van der Waals surface area contributed by atoms with Gasteiger partial charge >= 0.3 is 0 Å². The highest BCUT2D eigenvalue weighted by molar-refractivity contribution is 7.13. The molecule has 1 saturated heterocycles. The van der Waals surface area contributed by atoms with Crippen LogP contribution in [0.5, 0.6) is 0 Å². The number of fused-ring (bicyclic) bond motifs is 1. The molecular formula is C24H21N7O2S. The summed E-state index contributed by atoms with van der Waals surface area (Å²) in [6.45, 7) is 2.28. The van der Waals surface area contributed by atoms with Crippen molar-refractivity contribution in [1.82, 2.24) is 24.3 Å². The molecule has 170 valence electrons. The molecular weight excluding hydrogens is 450 g/mol. The summed E-state index contributed by atoms with van der Waals surface area (Å²) in [6.07, 6.45) is 6.72. The van der Waals surface area contributed by atoms with Gasteiger partial charge in [-0.15, -0.1) is 11.3 Å². The van der Waals surface area contributed by atoms with Crippen molar-refractivity contribution >= 4 is 39.6 Å². The number of thiazole rings is 1. The van der Waals surface area contributed by atoms with E-state index in [1.165, 1.54) is 11.3 Å². The summed E-state index contributed by atoms with van der Waals surface area (Å²) in [7, 11) is 0. The second-order valence-corrected chi connectivity index (χ2v) is 8.64. The molecule has 1 aliphatic heterocycles. The molecule has 34 heavy (non-hydrogen) atoms. The maximum Gasteiger partial charge on any atom is 0.299 e. The molecule has 1 unspecified atom stereocenters. The molecule has 4 aromatic rings. The third-order valence-electron chi connectivity index (χ3n) is 5.73. The number of rotatable bonds is 4. The largest absolute Gasteiger partial charge is 0.382 e. The standard InChI is InChI=1S/C24H21N7O2S/c1-2-4-18(32)30-12-3-5-17(30)22-28-19(20-21(25)26-10-13-31(20)22)15-6-8-16(9-7-15)23(33)29-24-27-11-14-34-24/h6-11,13-14,17H,3,5,12H2,1H3,(H2,25,26)(H,27,29,33). The first-order chi connectivity index (χ1) is 16.6. The minimum atomic E-state index is -0.241. The quantitative estimate of drug-likeness (QED) is 0.441. The minimum Gasteiger partial charge on any atom is -0.382 e. The van der Waals surface area contributed by atoms with Gasteiger partial charge in [0.05, 0.1) is 6.04 Å². The molecule has 1 atom stereocenters. The normalized spacial score (nSPS) is 15.2. The summed E-state index contributed by atoms with van der Waals surface area (Å²) in [5, 5.41) is 5.11. The smallest absolute Gasteiger partial charge is 0.299 e. The molecule has 0 spiro atoms. The van der Waals surface area contributed by atoms with E-state index in [0.717, 1.165) is 18.4 Å². The summed E-state index contributed by atoms with van der Waals surface area (Å²) in [4.78, 5) is 40.1. The van der Waals surface area contributed by atoms with Crippen molar-refractivity contribution in [1.29, 1.82) is 0 Å². The molecule has 2 amide bonds. The molecule has 5 rings (SSSR count). The highest BCUT2D eigenvalue weighted by Crippen LogP contribution is 2.36. The number of hydrogen-bond acceptors (Lipinski definition) is 7. The zero-order valence-electron chi connectivity index (χ0n) is 18.4. The van der Waals surface area contributed by atoms with E-state index in [0.29, 0.717) is 40.1 Å². The van der Waals surface area contributed by atoms with Crippen LogP contribution in [-0.2, 0) is 4.79 Å². The first-order valence-electron chi connectivity index (χ1n) is 10.7. The van der Waals surface area contributed by atoms with E-state index in [9.17, 15) is 9.59 Å². The van der Waals surface area contributed by atoms with Gasteiger partial charge in [0.2, 0.25) is 0 Å². The van der Waals surface area contributed by atoms with Crippen LogP contribution in [0.2, 0.25) is 0 Å². The van der Waals surface area contributed by atoms with E-state index in [4.69, 9.17) is 10.7 Å². The molecule has 9 nitrogen and oxygen atoms in total. The molecule has 3 N–H and O–H groups in total. The van der Waals surface area contributed by atoms with Gasteiger partial charge in [0.1, 0.15) is 22.9 Å². The predicted molar refractivity (Wildman–Crippen MR) is 130 cm³/mol. The van der Waals surface area contributed by atoms with Crippen LogP contribution < -0.4 is 11.1 Å². The zero-order valence-corrected chi connectivity index (χ0v) is 19.2. The first kappa shape index (κ1) is 21.6. The lowest BCUT2D eigenvalue weighted by molar-refractivity contribution is -0.126. The number of nitrogen functional groups attached to an aromatic ring is 1. The number of anilines is 2. The van der Waals surface area contributed by atoms with E-state index in [-0.39, 0.29) is 17.9 Å².